The lowest BCUT2D eigenvalue weighted by Crippen LogP contribution is -2.55. The van der Waals surface area contributed by atoms with Gasteiger partial charge >= 0.3 is 6.09 Å². The average Bonchev–Trinajstić information content (AvgIpc) is 3.09. The lowest BCUT2D eigenvalue weighted by molar-refractivity contribution is -0.131. The zero-order chi connectivity index (χ0) is 35.2. The van der Waals surface area contributed by atoms with Gasteiger partial charge in [-0.25, -0.2) is 9.18 Å². The van der Waals surface area contributed by atoms with Crippen LogP contribution in [0.5, 0.6) is 5.75 Å². The maximum Gasteiger partial charge on any atom is 0.407 e. The second-order valence-electron chi connectivity index (χ2n) is 14.1. The monoisotopic (exact) mass is 682 g/mol. The highest BCUT2D eigenvalue weighted by molar-refractivity contribution is 6.74. The first-order valence-corrected chi connectivity index (χ1v) is 19.7. The van der Waals surface area contributed by atoms with Gasteiger partial charge in [-0.2, -0.15) is 0 Å². The van der Waals surface area contributed by atoms with E-state index in [4.69, 9.17) is 13.9 Å². The van der Waals surface area contributed by atoms with Crippen LogP contribution < -0.4 is 15.0 Å². The summed E-state index contributed by atoms with van der Waals surface area (Å²) in [4.78, 5) is 28.1. The normalized spacial score (nSPS) is 16.9. The van der Waals surface area contributed by atoms with Crippen molar-refractivity contribution < 1.29 is 27.9 Å². The Morgan fingerprint density at radius 1 is 0.898 bits per heavy atom. The number of β-lactam (4-membered cyclic amide) rings is 1. The van der Waals surface area contributed by atoms with Gasteiger partial charge in [-0.15, -0.1) is 0 Å². The molecule has 1 aliphatic rings. The number of hydrogen-bond donors (Lipinski definition) is 1. The fourth-order valence-corrected chi connectivity index (χ4v) is 7.18. The molecular formula is C40H47FN2O5Si. The average molecular weight is 683 g/mol. The summed E-state index contributed by atoms with van der Waals surface area (Å²) in [5, 5.41) is 2.78. The maximum absolute atomic E-state index is 13.9. The summed E-state index contributed by atoms with van der Waals surface area (Å²) in [5.41, 5.74) is 4.52. The number of carbonyl (C=O) groups excluding carboxylic acids is 2. The van der Waals surface area contributed by atoms with E-state index in [1.165, 1.54) is 12.1 Å². The van der Waals surface area contributed by atoms with Crippen molar-refractivity contribution in [1.29, 1.82) is 0 Å². The quantitative estimate of drug-likeness (QED) is 0.112. The Kier molecular flexibility index (Phi) is 11.2. The van der Waals surface area contributed by atoms with E-state index in [0.717, 1.165) is 33.7 Å². The minimum Gasteiger partial charge on any atom is -0.497 e. The molecule has 9 heteroatoms. The summed E-state index contributed by atoms with van der Waals surface area (Å²) in [6.07, 6.45) is 0.478. The van der Waals surface area contributed by atoms with Gasteiger partial charge < -0.3 is 24.1 Å². The van der Waals surface area contributed by atoms with Gasteiger partial charge in [-0.3, -0.25) is 4.79 Å². The smallest absolute Gasteiger partial charge is 0.407 e. The van der Waals surface area contributed by atoms with Crippen molar-refractivity contribution in [3.05, 3.63) is 131 Å². The summed E-state index contributed by atoms with van der Waals surface area (Å²) in [6, 6.07) is 31.4. The second kappa shape index (κ2) is 15.4. The highest BCUT2D eigenvalue weighted by Crippen LogP contribution is 2.48. The molecule has 1 heterocycles. The number of ether oxygens (including phenoxy) is 2. The number of nitrogens with one attached hydrogen (secondary N) is 1. The first-order chi connectivity index (χ1) is 23.4. The SMILES string of the molecule is COc1ccc([C@@H]2[C@@H](CC[C@H](O[Si](C)(C)C(C)(C)C)c3ccc(F)cc3)C(=O)N2c2ccc(CNC(=O)OCc3ccccc3)cc2)cc1. The topological polar surface area (TPSA) is 77.1 Å². The number of methoxy groups -OCH3 is 1. The molecule has 258 valence electrons. The van der Waals surface area contributed by atoms with Gasteiger partial charge in [0.05, 0.1) is 25.2 Å². The molecule has 1 N–H and O–H groups in total. The van der Waals surface area contributed by atoms with E-state index in [2.05, 4.69) is 39.2 Å². The van der Waals surface area contributed by atoms with Crippen LogP contribution in [-0.4, -0.2) is 27.4 Å². The predicted octanol–water partition coefficient (Wildman–Crippen LogP) is 9.51. The summed E-state index contributed by atoms with van der Waals surface area (Å²) in [6.45, 7) is 11.5. The van der Waals surface area contributed by atoms with Crippen LogP contribution in [0.15, 0.2) is 103 Å². The van der Waals surface area contributed by atoms with Crippen LogP contribution in [0.1, 0.15) is 68.0 Å². The van der Waals surface area contributed by atoms with Crippen molar-refractivity contribution in [2.75, 3.05) is 12.0 Å². The van der Waals surface area contributed by atoms with E-state index in [1.54, 1.807) is 19.2 Å². The molecule has 0 radical (unpaired) electrons. The van der Waals surface area contributed by atoms with E-state index in [1.807, 2.05) is 83.8 Å². The van der Waals surface area contributed by atoms with Gasteiger partial charge in [0.25, 0.3) is 0 Å². The first-order valence-electron chi connectivity index (χ1n) is 16.8. The van der Waals surface area contributed by atoms with Crippen molar-refractivity contribution >= 4 is 26.0 Å². The third-order valence-electron chi connectivity index (χ3n) is 9.76. The maximum atomic E-state index is 13.9. The number of nitrogens with zero attached hydrogens (tertiary/aromatic N) is 1. The number of halogens is 1. The van der Waals surface area contributed by atoms with Crippen molar-refractivity contribution in [2.24, 2.45) is 5.92 Å². The molecule has 0 unspecified atom stereocenters. The Hall–Kier alpha value is -4.47. The molecule has 2 amide bonds. The van der Waals surface area contributed by atoms with Crippen molar-refractivity contribution in [2.45, 2.75) is 77.0 Å². The molecule has 0 aromatic heterocycles. The Morgan fingerprint density at radius 3 is 2.16 bits per heavy atom. The van der Waals surface area contributed by atoms with E-state index in [0.29, 0.717) is 19.4 Å². The number of rotatable bonds is 13. The van der Waals surface area contributed by atoms with Gasteiger partial charge in [0, 0.05) is 12.2 Å². The number of amides is 2. The first kappa shape index (κ1) is 35.8. The van der Waals surface area contributed by atoms with Gasteiger partial charge in [0.1, 0.15) is 18.2 Å². The van der Waals surface area contributed by atoms with Crippen LogP contribution in [0.2, 0.25) is 18.1 Å². The fraction of sp³-hybridized carbons (Fsp3) is 0.350. The highest BCUT2D eigenvalue weighted by Gasteiger charge is 2.49. The number of hydrogen-bond acceptors (Lipinski definition) is 5. The number of alkyl carbamates (subject to hydrolysis) is 1. The third kappa shape index (κ3) is 8.77. The molecule has 0 saturated carbocycles. The summed E-state index contributed by atoms with van der Waals surface area (Å²) in [7, 11) is -0.547. The minimum absolute atomic E-state index is 0.00977. The standard InChI is InChI=1S/C40H47FN2O5Si/c1-40(2,3)49(5,6)48-36(30-14-18-32(41)19-15-30)25-24-35-37(31-16-22-34(46-4)23-17-31)43(38(35)44)33-20-12-28(13-21-33)26-42-39(45)47-27-29-10-8-7-9-11-29/h7-23,35-37H,24-27H2,1-6H3,(H,42,45)/t35-,36+,37-/m1/s1. The molecule has 4 aromatic rings. The molecule has 1 saturated heterocycles. The van der Waals surface area contributed by atoms with E-state index in [9.17, 15) is 14.0 Å². The zero-order valence-corrected chi connectivity index (χ0v) is 30.2. The third-order valence-corrected chi connectivity index (χ3v) is 14.2. The Morgan fingerprint density at radius 2 is 1.55 bits per heavy atom. The van der Waals surface area contributed by atoms with Gasteiger partial charge in [0.2, 0.25) is 5.91 Å². The number of benzene rings is 4. The van der Waals surface area contributed by atoms with E-state index < -0.39 is 14.4 Å². The molecular weight excluding hydrogens is 636 g/mol. The lowest BCUT2D eigenvalue weighted by Gasteiger charge is -2.48. The highest BCUT2D eigenvalue weighted by atomic mass is 28.4. The van der Waals surface area contributed by atoms with Crippen molar-refractivity contribution in [3.8, 4) is 5.75 Å². The summed E-state index contributed by atoms with van der Waals surface area (Å²) in [5.74, 6) is 0.237. The number of carbonyl (C=O) groups is 2. The summed E-state index contributed by atoms with van der Waals surface area (Å²) >= 11 is 0. The molecule has 1 aliphatic heterocycles. The van der Waals surface area contributed by atoms with Gasteiger partial charge in [0.15, 0.2) is 8.32 Å². The van der Waals surface area contributed by atoms with Crippen LogP contribution in [0.3, 0.4) is 0 Å². The Labute approximate surface area is 290 Å². The molecule has 0 aliphatic carbocycles. The zero-order valence-electron chi connectivity index (χ0n) is 29.2. The Balaban J connectivity index is 1.30. The largest absolute Gasteiger partial charge is 0.497 e. The molecule has 5 rings (SSSR count). The predicted molar refractivity (Wildman–Crippen MR) is 193 cm³/mol. The van der Waals surface area contributed by atoms with Crippen molar-refractivity contribution in [3.63, 3.8) is 0 Å². The Bertz CT molecular complexity index is 1690. The van der Waals surface area contributed by atoms with E-state index >= 15 is 0 Å². The van der Waals surface area contributed by atoms with Crippen LogP contribution in [0.25, 0.3) is 0 Å². The van der Waals surface area contributed by atoms with Gasteiger partial charge in [-0.1, -0.05) is 87.5 Å². The van der Waals surface area contributed by atoms with Crippen LogP contribution in [0.4, 0.5) is 14.9 Å². The molecule has 0 bridgehead atoms. The molecule has 7 nitrogen and oxygen atoms in total. The molecule has 49 heavy (non-hydrogen) atoms. The second-order valence-corrected chi connectivity index (χ2v) is 18.9. The van der Waals surface area contributed by atoms with Crippen LogP contribution in [0, 0.1) is 11.7 Å². The molecule has 3 atom stereocenters. The molecule has 4 aromatic carbocycles. The van der Waals surface area contributed by atoms with Crippen molar-refractivity contribution in [1.82, 2.24) is 5.32 Å². The lowest BCUT2D eigenvalue weighted by atomic mass is 9.78. The molecule has 0 spiro atoms. The minimum atomic E-state index is -2.18. The van der Waals surface area contributed by atoms with Gasteiger partial charge in [-0.05, 0) is 89.6 Å². The fourth-order valence-electron chi connectivity index (χ4n) is 5.86. The summed E-state index contributed by atoms with van der Waals surface area (Å²) < 4.78 is 31.5. The van der Waals surface area contributed by atoms with Crippen LogP contribution in [-0.2, 0) is 27.1 Å². The van der Waals surface area contributed by atoms with E-state index in [-0.39, 0.29) is 41.4 Å². The van der Waals surface area contributed by atoms with Crippen LogP contribution >= 0.6 is 0 Å². The molecule has 1 fully saturated rings. The number of anilines is 1.